The Morgan fingerprint density at radius 2 is 1.62 bits per heavy atom. The zero-order valence-electron chi connectivity index (χ0n) is 6.61. The van der Waals surface area contributed by atoms with Crippen LogP contribution in [0.2, 0.25) is 0 Å². The van der Waals surface area contributed by atoms with E-state index in [0.29, 0.717) is 0 Å². The van der Waals surface area contributed by atoms with Crippen LogP contribution in [0.5, 0.6) is 0 Å². The number of carbonyl (C=O) groups is 1. The van der Waals surface area contributed by atoms with Crippen LogP contribution in [0.3, 0.4) is 0 Å². The Balaban J connectivity index is 4.24. The standard InChI is InChI=1S/C6H12O6Se/c7-1-2(8)3(9)4(10)5(11)6(12)13/h2-5,7-11H,1H2,(H,12,13)/t2-,3-,4+,5-/m1/s1. The Kier molecular flexibility index (Phi) is 5.66. The molecule has 0 radical (unpaired) electrons. The molecule has 0 aliphatic heterocycles. The Hall–Kier alpha value is -0.0105. The minimum absolute atomic E-state index is 0.766. The van der Waals surface area contributed by atoms with Gasteiger partial charge in [-0.2, -0.15) is 0 Å². The van der Waals surface area contributed by atoms with Crippen LogP contribution in [0, 0.1) is 0 Å². The van der Waals surface area contributed by atoms with Crippen molar-refractivity contribution in [1.82, 2.24) is 0 Å². The first kappa shape index (κ1) is 13.0. The number of rotatable bonds is 5. The predicted octanol–water partition coefficient (Wildman–Crippen LogP) is -4.15. The first-order chi connectivity index (χ1) is 5.91. The van der Waals surface area contributed by atoms with E-state index in [4.69, 9.17) is 25.5 Å². The molecular formula is C6H12O6Se. The maximum absolute atomic E-state index is 10.5. The summed E-state index contributed by atoms with van der Waals surface area (Å²) in [7, 11) is 0. The second kappa shape index (κ2) is 5.66. The number of hydrogen-bond donors (Lipinski definition) is 5. The van der Waals surface area contributed by atoms with Crippen molar-refractivity contribution < 1.29 is 30.3 Å². The fraction of sp³-hybridized carbons (Fsp3) is 0.833. The molecule has 13 heavy (non-hydrogen) atoms. The summed E-state index contributed by atoms with van der Waals surface area (Å²) in [6.07, 6.45) is -6.93. The van der Waals surface area contributed by atoms with E-state index in [-0.39, 0.29) is 0 Å². The molecule has 0 heterocycles. The van der Waals surface area contributed by atoms with Gasteiger partial charge in [0, 0.05) is 0 Å². The van der Waals surface area contributed by atoms with Crippen molar-refractivity contribution in [3.63, 3.8) is 0 Å². The summed E-state index contributed by atoms with van der Waals surface area (Å²) < 4.78 is -0.788. The zero-order valence-corrected chi connectivity index (χ0v) is 8.48. The third-order valence-electron chi connectivity index (χ3n) is 1.51. The summed E-state index contributed by atoms with van der Waals surface area (Å²) in [6.45, 7) is -0.766. The van der Waals surface area contributed by atoms with Crippen molar-refractivity contribution in [1.29, 1.82) is 0 Å². The van der Waals surface area contributed by atoms with Gasteiger partial charge in [0.15, 0.2) is 0 Å². The normalized spacial score (nSPS) is 20.5. The van der Waals surface area contributed by atoms with E-state index >= 15 is 0 Å². The van der Waals surface area contributed by atoms with E-state index in [1.165, 1.54) is 16.0 Å². The van der Waals surface area contributed by atoms with Crippen LogP contribution in [0.1, 0.15) is 0 Å². The molecule has 5 N–H and O–H groups in total. The Morgan fingerprint density at radius 3 is 1.92 bits per heavy atom. The molecule has 0 aromatic rings. The summed E-state index contributed by atoms with van der Waals surface area (Å²) in [5.74, 6) is 0. The average molecular weight is 259 g/mol. The van der Waals surface area contributed by atoms with Crippen LogP contribution < -0.4 is 0 Å². The summed E-state index contributed by atoms with van der Waals surface area (Å²) in [5.41, 5.74) is 0. The van der Waals surface area contributed by atoms with Gasteiger partial charge >= 0.3 is 82.0 Å². The van der Waals surface area contributed by atoms with Crippen molar-refractivity contribution >= 4 is 20.7 Å². The number of aliphatic hydroxyl groups is 5. The minimum atomic E-state index is -1.81. The Labute approximate surface area is 82.6 Å². The molecule has 0 saturated carbocycles. The van der Waals surface area contributed by atoms with Crippen molar-refractivity contribution in [2.45, 2.75) is 24.4 Å². The monoisotopic (exact) mass is 260 g/mol. The summed E-state index contributed by atoms with van der Waals surface area (Å²) in [5, 5.41) is 44.2. The molecule has 4 atom stereocenters. The molecule has 0 fully saturated rings. The van der Waals surface area contributed by atoms with E-state index in [1.807, 2.05) is 0 Å². The quantitative estimate of drug-likeness (QED) is 0.320. The van der Waals surface area contributed by atoms with Gasteiger partial charge in [0.1, 0.15) is 0 Å². The second-order valence-corrected chi connectivity index (χ2v) is 3.44. The van der Waals surface area contributed by atoms with Crippen molar-refractivity contribution in [3.8, 4) is 0 Å². The molecule has 0 amide bonds. The molecule has 0 aliphatic rings. The number of aliphatic hydroxyl groups excluding tert-OH is 5. The van der Waals surface area contributed by atoms with Gasteiger partial charge in [-0.1, -0.05) is 0 Å². The van der Waals surface area contributed by atoms with Crippen LogP contribution in [0.15, 0.2) is 0 Å². The molecule has 0 rings (SSSR count). The zero-order chi connectivity index (χ0) is 10.6. The predicted molar refractivity (Wildman–Crippen MR) is 43.3 cm³/mol. The van der Waals surface area contributed by atoms with Gasteiger partial charge in [0.25, 0.3) is 0 Å². The van der Waals surface area contributed by atoms with E-state index in [9.17, 15) is 4.79 Å². The molecule has 6 nitrogen and oxygen atoms in total. The van der Waals surface area contributed by atoms with Crippen LogP contribution in [0.4, 0.5) is 0 Å². The third-order valence-corrected chi connectivity index (χ3v) is 2.06. The van der Waals surface area contributed by atoms with Gasteiger partial charge in [-0.05, 0) is 0 Å². The molecule has 0 aliphatic carbocycles. The first-order valence-electron chi connectivity index (χ1n) is 3.47. The Bertz CT molecular complexity index is 175. The van der Waals surface area contributed by atoms with Crippen LogP contribution >= 0.6 is 0 Å². The molecule has 0 unspecified atom stereocenters. The number of hydrogen-bond acceptors (Lipinski definition) is 6. The summed E-state index contributed by atoms with van der Waals surface area (Å²) in [4.78, 5) is 10.5. The van der Waals surface area contributed by atoms with Gasteiger partial charge in [0.2, 0.25) is 0 Å². The van der Waals surface area contributed by atoms with E-state index in [0.717, 1.165) is 0 Å². The summed E-state index contributed by atoms with van der Waals surface area (Å²) >= 11 is 1.48. The van der Waals surface area contributed by atoms with Crippen LogP contribution in [-0.2, 0) is 4.79 Å². The molecule has 0 aromatic carbocycles. The van der Waals surface area contributed by atoms with Gasteiger partial charge in [-0.15, -0.1) is 0 Å². The second-order valence-electron chi connectivity index (χ2n) is 2.51. The van der Waals surface area contributed by atoms with Gasteiger partial charge in [-0.25, -0.2) is 0 Å². The van der Waals surface area contributed by atoms with Crippen molar-refractivity contribution in [2.24, 2.45) is 0 Å². The molecule has 0 saturated heterocycles. The molecule has 0 bridgehead atoms. The fourth-order valence-corrected chi connectivity index (χ4v) is 0.989. The van der Waals surface area contributed by atoms with Gasteiger partial charge < -0.3 is 0 Å². The van der Waals surface area contributed by atoms with Crippen LogP contribution in [-0.4, -0.2) is 77.2 Å². The molecule has 7 heteroatoms. The van der Waals surface area contributed by atoms with Gasteiger partial charge in [-0.3, -0.25) is 0 Å². The van der Waals surface area contributed by atoms with E-state index in [2.05, 4.69) is 0 Å². The van der Waals surface area contributed by atoms with Crippen LogP contribution in [0.25, 0.3) is 0 Å². The maximum atomic E-state index is 10.5. The Morgan fingerprint density at radius 1 is 1.15 bits per heavy atom. The molecule has 0 aromatic heterocycles. The SMILES string of the molecule is O=C([SeH])[C@H](O)[C@@H](O)[C@H](O)[C@H](O)CO. The van der Waals surface area contributed by atoms with Gasteiger partial charge in [0.05, 0.1) is 0 Å². The molecular weight excluding hydrogens is 247 g/mol. The average Bonchev–Trinajstić information content (AvgIpc) is 2.12. The van der Waals surface area contributed by atoms with Crippen molar-refractivity contribution in [3.05, 3.63) is 0 Å². The summed E-state index contributed by atoms with van der Waals surface area (Å²) in [6, 6.07) is 0. The molecule has 78 valence electrons. The van der Waals surface area contributed by atoms with E-state index < -0.39 is 35.7 Å². The van der Waals surface area contributed by atoms with Crippen molar-refractivity contribution in [2.75, 3.05) is 6.61 Å². The third kappa shape index (κ3) is 3.70. The number of carbonyl (C=O) groups excluding carboxylic acids is 1. The fourth-order valence-electron chi connectivity index (χ4n) is 0.668. The molecule has 0 spiro atoms. The first-order valence-corrected chi connectivity index (χ1v) is 4.41. The van der Waals surface area contributed by atoms with E-state index in [1.54, 1.807) is 0 Å². The topological polar surface area (TPSA) is 118 Å².